The SMILES string of the molecule is CC(=O)[C@@H]1[C@@H]2C(=O)N(c3ccc4ccccc4c3)C(=O)[C@H]2[C@H]2c3ccccc3C=CN12. The molecule has 0 aliphatic carbocycles. The van der Waals surface area contributed by atoms with Gasteiger partial charge in [0.05, 0.1) is 29.6 Å². The Morgan fingerprint density at radius 2 is 1.55 bits per heavy atom. The molecule has 2 saturated heterocycles. The Hall–Kier alpha value is -3.73. The van der Waals surface area contributed by atoms with Gasteiger partial charge < -0.3 is 4.90 Å². The summed E-state index contributed by atoms with van der Waals surface area (Å²) in [5.74, 6) is -1.88. The van der Waals surface area contributed by atoms with Crippen molar-refractivity contribution < 1.29 is 14.4 Å². The maximum Gasteiger partial charge on any atom is 0.240 e. The summed E-state index contributed by atoms with van der Waals surface area (Å²) in [6, 6.07) is 20.4. The van der Waals surface area contributed by atoms with E-state index in [2.05, 4.69) is 0 Å². The van der Waals surface area contributed by atoms with E-state index in [-0.39, 0.29) is 23.6 Å². The largest absolute Gasteiger partial charge is 0.359 e. The molecule has 3 aromatic rings. The van der Waals surface area contributed by atoms with Crippen molar-refractivity contribution in [3.63, 3.8) is 0 Å². The predicted octanol–water partition coefficient (Wildman–Crippen LogP) is 3.94. The van der Waals surface area contributed by atoms with Gasteiger partial charge in [0, 0.05) is 6.20 Å². The topological polar surface area (TPSA) is 57.7 Å². The third-order valence-corrected chi connectivity index (χ3v) is 6.87. The molecule has 0 N–H and O–H groups in total. The Balaban J connectivity index is 1.49. The number of amides is 2. The van der Waals surface area contributed by atoms with Crippen LogP contribution in [-0.4, -0.2) is 28.5 Å². The summed E-state index contributed by atoms with van der Waals surface area (Å²) >= 11 is 0. The molecule has 3 aromatic carbocycles. The Kier molecular flexibility index (Phi) is 3.72. The highest BCUT2D eigenvalue weighted by atomic mass is 16.2. The molecule has 2 fully saturated rings. The average Bonchev–Trinajstić information content (AvgIpc) is 3.26. The molecule has 31 heavy (non-hydrogen) atoms. The number of hydrogen-bond acceptors (Lipinski definition) is 4. The van der Waals surface area contributed by atoms with E-state index in [1.165, 1.54) is 11.8 Å². The molecule has 0 radical (unpaired) electrons. The van der Waals surface area contributed by atoms with Gasteiger partial charge in [0.25, 0.3) is 0 Å². The first-order valence-corrected chi connectivity index (χ1v) is 10.5. The van der Waals surface area contributed by atoms with Gasteiger partial charge in [-0.05, 0) is 47.0 Å². The highest BCUT2D eigenvalue weighted by Crippen LogP contribution is 2.53. The zero-order valence-electron chi connectivity index (χ0n) is 16.9. The molecular weight excluding hydrogens is 388 g/mol. The van der Waals surface area contributed by atoms with Crippen LogP contribution in [-0.2, 0) is 14.4 Å². The lowest BCUT2D eigenvalue weighted by molar-refractivity contribution is -0.129. The van der Waals surface area contributed by atoms with Crippen LogP contribution in [0.15, 0.2) is 72.9 Å². The standard InChI is InChI=1S/C26H20N2O3/c1-15(29)23-21-22(24-20-9-5-4-7-17(20)12-13-27(23)24)26(31)28(25(21)30)19-11-10-16-6-2-3-8-18(16)14-19/h2-14,21-24H,1H3/t21-,22-,23-,24-/m1/s1. The van der Waals surface area contributed by atoms with Crippen molar-refractivity contribution in [3.8, 4) is 0 Å². The number of fused-ring (bicyclic) bond motifs is 6. The fourth-order valence-corrected chi connectivity index (χ4v) is 5.59. The molecule has 5 nitrogen and oxygen atoms in total. The summed E-state index contributed by atoms with van der Waals surface area (Å²) in [5.41, 5.74) is 2.58. The number of ketones is 1. The lowest BCUT2D eigenvalue weighted by Gasteiger charge is -2.35. The monoisotopic (exact) mass is 408 g/mol. The van der Waals surface area contributed by atoms with Gasteiger partial charge in [-0.25, -0.2) is 4.90 Å². The molecule has 0 spiro atoms. The van der Waals surface area contributed by atoms with E-state index < -0.39 is 17.9 Å². The summed E-state index contributed by atoms with van der Waals surface area (Å²) in [7, 11) is 0. The smallest absolute Gasteiger partial charge is 0.240 e. The maximum atomic E-state index is 13.7. The van der Waals surface area contributed by atoms with Crippen LogP contribution in [0.5, 0.6) is 0 Å². The number of carbonyl (C=O) groups is 3. The Bertz CT molecular complexity index is 1310. The summed E-state index contributed by atoms with van der Waals surface area (Å²) in [6.07, 6.45) is 3.83. The van der Waals surface area contributed by atoms with E-state index in [9.17, 15) is 14.4 Å². The third kappa shape index (κ3) is 2.40. The quantitative estimate of drug-likeness (QED) is 0.603. The van der Waals surface area contributed by atoms with Crippen molar-refractivity contribution in [2.75, 3.05) is 4.90 Å². The summed E-state index contributed by atoms with van der Waals surface area (Å²) < 4.78 is 0. The second-order valence-corrected chi connectivity index (χ2v) is 8.49. The number of benzene rings is 3. The van der Waals surface area contributed by atoms with Crippen molar-refractivity contribution in [1.82, 2.24) is 4.90 Å². The lowest BCUT2D eigenvalue weighted by Crippen LogP contribution is -2.43. The zero-order valence-corrected chi connectivity index (χ0v) is 16.9. The first-order chi connectivity index (χ1) is 15.1. The first kappa shape index (κ1) is 18.1. The average molecular weight is 408 g/mol. The Labute approximate surface area is 179 Å². The molecule has 5 heteroatoms. The van der Waals surface area contributed by atoms with Crippen molar-refractivity contribution in [2.24, 2.45) is 11.8 Å². The minimum atomic E-state index is -0.683. The predicted molar refractivity (Wildman–Crippen MR) is 118 cm³/mol. The summed E-state index contributed by atoms with van der Waals surface area (Å²) in [5, 5.41) is 2.01. The van der Waals surface area contributed by atoms with Gasteiger partial charge in [0.2, 0.25) is 11.8 Å². The van der Waals surface area contributed by atoms with Crippen LogP contribution >= 0.6 is 0 Å². The second-order valence-electron chi connectivity index (χ2n) is 8.49. The summed E-state index contributed by atoms with van der Waals surface area (Å²) in [6.45, 7) is 1.51. The Morgan fingerprint density at radius 3 is 2.35 bits per heavy atom. The molecule has 3 aliphatic heterocycles. The minimum Gasteiger partial charge on any atom is -0.359 e. The molecular formula is C26H20N2O3. The number of anilines is 1. The molecule has 152 valence electrons. The van der Waals surface area contributed by atoms with E-state index in [1.807, 2.05) is 83.9 Å². The van der Waals surface area contributed by atoms with Crippen LogP contribution in [0.2, 0.25) is 0 Å². The van der Waals surface area contributed by atoms with Crippen LogP contribution in [0.25, 0.3) is 16.8 Å². The molecule has 4 atom stereocenters. The third-order valence-electron chi connectivity index (χ3n) is 6.87. The van der Waals surface area contributed by atoms with Gasteiger partial charge in [-0.15, -0.1) is 0 Å². The molecule has 0 saturated carbocycles. The molecule has 2 amide bonds. The molecule has 3 aliphatic rings. The van der Waals surface area contributed by atoms with Crippen LogP contribution in [0.3, 0.4) is 0 Å². The summed E-state index contributed by atoms with van der Waals surface area (Å²) in [4.78, 5) is 43.2. The van der Waals surface area contributed by atoms with Crippen LogP contribution in [0, 0.1) is 11.8 Å². The fourth-order valence-electron chi connectivity index (χ4n) is 5.59. The minimum absolute atomic E-state index is 0.0944. The zero-order chi connectivity index (χ0) is 21.3. The lowest BCUT2D eigenvalue weighted by atomic mass is 9.84. The van der Waals surface area contributed by atoms with Gasteiger partial charge in [0.15, 0.2) is 5.78 Å². The van der Waals surface area contributed by atoms with E-state index in [0.29, 0.717) is 5.69 Å². The number of rotatable bonds is 2. The maximum absolute atomic E-state index is 13.7. The van der Waals surface area contributed by atoms with E-state index in [0.717, 1.165) is 21.9 Å². The van der Waals surface area contributed by atoms with Gasteiger partial charge >= 0.3 is 0 Å². The van der Waals surface area contributed by atoms with Gasteiger partial charge in [-0.2, -0.15) is 0 Å². The number of imide groups is 1. The van der Waals surface area contributed by atoms with E-state index >= 15 is 0 Å². The highest BCUT2D eigenvalue weighted by molar-refractivity contribution is 6.24. The number of Topliss-reactive ketones (excluding diaryl/α,β-unsaturated/α-hetero) is 1. The van der Waals surface area contributed by atoms with Crippen molar-refractivity contribution >= 4 is 40.1 Å². The fraction of sp³-hybridized carbons (Fsp3) is 0.192. The van der Waals surface area contributed by atoms with Gasteiger partial charge in [-0.3, -0.25) is 14.4 Å². The van der Waals surface area contributed by atoms with Gasteiger partial charge in [-0.1, -0.05) is 54.6 Å². The normalized spacial score (nSPS) is 26.2. The molecule has 0 aromatic heterocycles. The van der Waals surface area contributed by atoms with Crippen LogP contribution in [0.1, 0.15) is 24.1 Å². The number of carbonyl (C=O) groups excluding carboxylic acids is 3. The Morgan fingerprint density at radius 1 is 0.839 bits per heavy atom. The second kappa shape index (κ2) is 6.38. The molecule has 0 bridgehead atoms. The molecule has 0 unspecified atom stereocenters. The van der Waals surface area contributed by atoms with E-state index in [4.69, 9.17) is 0 Å². The molecule has 6 rings (SSSR count). The molecule has 3 heterocycles. The van der Waals surface area contributed by atoms with Crippen LogP contribution in [0.4, 0.5) is 5.69 Å². The van der Waals surface area contributed by atoms with Gasteiger partial charge in [0.1, 0.15) is 0 Å². The van der Waals surface area contributed by atoms with Crippen molar-refractivity contribution in [3.05, 3.63) is 84.1 Å². The highest BCUT2D eigenvalue weighted by Gasteiger charge is 2.63. The van der Waals surface area contributed by atoms with Crippen molar-refractivity contribution in [2.45, 2.75) is 19.0 Å². The van der Waals surface area contributed by atoms with E-state index in [1.54, 1.807) is 0 Å². The van der Waals surface area contributed by atoms with Crippen LogP contribution < -0.4 is 4.90 Å². The number of hydrogen-bond donors (Lipinski definition) is 0. The van der Waals surface area contributed by atoms with Crippen molar-refractivity contribution in [1.29, 1.82) is 0 Å². The number of nitrogens with zero attached hydrogens (tertiary/aromatic N) is 2. The first-order valence-electron chi connectivity index (χ1n) is 10.5.